The van der Waals surface area contributed by atoms with Crippen molar-refractivity contribution in [3.05, 3.63) is 59.8 Å². The summed E-state index contributed by atoms with van der Waals surface area (Å²) in [7, 11) is 3.42. The van der Waals surface area contributed by atoms with Gasteiger partial charge in [0.15, 0.2) is 0 Å². The third-order valence-corrected chi connectivity index (χ3v) is 5.22. The van der Waals surface area contributed by atoms with Gasteiger partial charge in [0.1, 0.15) is 5.82 Å². The van der Waals surface area contributed by atoms with Gasteiger partial charge in [0.25, 0.3) is 5.91 Å². The van der Waals surface area contributed by atoms with Crippen LogP contribution in [0.4, 0.5) is 5.82 Å². The first-order chi connectivity index (χ1) is 13.5. The summed E-state index contributed by atoms with van der Waals surface area (Å²) < 4.78 is 0. The summed E-state index contributed by atoms with van der Waals surface area (Å²) in [5.74, 6) is 1.10. The number of aromatic nitrogens is 1. The molecule has 0 spiro atoms. The summed E-state index contributed by atoms with van der Waals surface area (Å²) in [5.41, 5.74) is 1.95. The molecule has 1 saturated heterocycles. The maximum absolute atomic E-state index is 12.9. The van der Waals surface area contributed by atoms with Gasteiger partial charge in [-0.25, -0.2) is 4.98 Å². The lowest BCUT2D eigenvalue weighted by Gasteiger charge is -2.21. The molecule has 0 saturated carbocycles. The topological polar surface area (TPSA) is 65.5 Å². The van der Waals surface area contributed by atoms with E-state index in [4.69, 9.17) is 0 Å². The lowest BCUT2D eigenvalue weighted by atomic mass is 9.92. The average molecular weight is 380 g/mol. The maximum Gasteiger partial charge on any atom is 0.255 e. The SMILES string of the molecule is CN(C)C(=O)CNc1ccc(C(=O)N2CCCC(c3ccccc3)CC2)cn1. The van der Waals surface area contributed by atoms with E-state index >= 15 is 0 Å². The van der Waals surface area contributed by atoms with Crippen molar-refractivity contribution in [2.45, 2.75) is 25.2 Å². The summed E-state index contributed by atoms with van der Waals surface area (Å²) in [6.45, 7) is 1.72. The fourth-order valence-corrected chi connectivity index (χ4v) is 3.49. The molecule has 0 aliphatic carbocycles. The molecule has 6 nitrogen and oxygen atoms in total. The van der Waals surface area contributed by atoms with Crippen LogP contribution in [0.1, 0.15) is 41.1 Å². The Morgan fingerprint density at radius 3 is 2.57 bits per heavy atom. The van der Waals surface area contributed by atoms with Crippen molar-refractivity contribution in [2.75, 3.05) is 39.0 Å². The average Bonchev–Trinajstić information content (AvgIpc) is 2.98. The zero-order chi connectivity index (χ0) is 19.9. The highest BCUT2D eigenvalue weighted by atomic mass is 16.2. The van der Waals surface area contributed by atoms with Crippen LogP contribution in [0, 0.1) is 0 Å². The molecule has 1 aromatic carbocycles. The normalized spacial score (nSPS) is 16.9. The standard InChI is InChI=1S/C22H28N4O2/c1-25(2)21(27)16-24-20-11-10-19(15-23-20)22(28)26-13-6-9-18(12-14-26)17-7-4-3-5-8-17/h3-5,7-8,10-11,15,18H,6,9,12-14,16H2,1-2H3,(H,23,24). The number of hydrogen-bond donors (Lipinski definition) is 1. The molecule has 1 N–H and O–H groups in total. The van der Waals surface area contributed by atoms with Crippen molar-refractivity contribution in [1.82, 2.24) is 14.8 Å². The second kappa shape index (κ2) is 9.35. The molecule has 0 bridgehead atoms. The van der Waals surface area contributed by atoms with E-state index in [1.165, 1.54) is 10.5 Å². The number of hydrogen-bond acceptors (Lipinski definition) is 4. The Morgan fingerprint density at radius 1 is 1.11 bits per heavy atom. The van der Waals surface area contributed by atoms with Gasteiger partial charge in [-0.2, -0.15) is 0 Å². The molecule has 3 rings (SSSR count). The fourth-order valence-electron chi connectivity index (χ4n) is 3.49. The highest BCUT2D eigenvalue weighted by Crippen LogP contribution is 2.28. The minimum atomic E-state index is -0.0283. The number of nitrogens with zero attached hydrogens (tertiary/aromatic N) is 3. The van der Waals surface area contributed by atoms with Gasteiger partial charge in [0, 0.05) is 33.4 Å². The van der Waals surface area contributed by atoms with Crippen LogP contribution in [0.25, 0.3) is 0 Å². The van der Waals surface area contributed by atoms with Crippen LogP contribution in [0.15, 0.2) is 48.7 Å². The van der Waals surface area contributed by atoms with E-state index < -0.39 is 0 Å². The summed E-state index contributed by atoms with van der Waals surface area (Å²) in [4.78, 5) is 32.2. The predicted molar refractivity (Wildman–Crippen MR) is 110 cm³/mol. The fraction of sp³-hybridized carbons (Fsp3) is 0.409. The number of rotatable bonds is 5. The Hall–Kier alpha value is -2.89. The molecular weight excluding hydrogens is 352 g/mol. The molecule has 1 aromatic heterocycles. The van der Waals surface area contributed by atoms with Crippen LogP contribution in [0.2, 0.25) is 0 Å². The number of likely N-dealkylation sites (N-methyl/N-ethyl adjacent to an activating group) is 1. The van der Waals surface area contributed by atoms with Crippen molar-refractivity contribution in [2.24, 2.45) is 0 Å². The molecule has 2 amide bonds. The van der Waals surface area contributed by atoms with Gasteiger partial charge in [-0.3, -0.25) is 9.59 Å². The number of likely N-dealkylation sites (tertiary alicyclic amines) is 1. The zero-order valence-corrected chi connectivity index (χ0v) is 16.6. The van der Waals surface area contributed by atoms with Gasteiger partial charge >= 0.3 is 0 Å². The van der Waals surface area contributed by atoms with Gasteiger partial charge in [0.2, 0.25) is 5.91 Å². The first-order valence-corrected chi connectivity index (χ1v) is 9.79. The van der Waals surface area contributed by atoms with Crippen LogP contribution < -0.4 is 5.32 Å². The zero-order valence-electron chi connectivity index (χ0n) is 16.6. The number of nitrogens with one attached hydrogen (secondary N) is 1. The van der Waals surface area contributed by atoms with Gasteiger partial charge in [-0.1, -0.05) is 30.3 Å². The minimum Gasteiger partial charge on any atom is -0.361 e. The van der Waals surface area contributed by atoms with Crippen LogP contribution in [0.5, 0.6) is 0 Å². The lowest BCUT2D eigenvalue weighted by Crippen LogP contribution is -2.32. The van der Waals surface area contributed by atoms with Crippen LogP contribution in [-0.4, -0.2) is 60.3 Å². The van der Waals surface area contributed by atoms with Crippen molar-refractivity contribution in [3.63, 3.8) is 0 Å². The Labute approximate surface area is 166 Å². The molecule has 1 unspecified atom stereocenters. The molecule has 1 fully saturated rings. The number of anilines is 1. The molecule has 1 atom stereocenters. The quantitative estimate of drug-likeness (QED) is 0.866. The van der Waals surface area contributed by atoms with Crippen LogP contribution in [-0.2, 0) is 4.79 Å². The predicted octanol–water partition coefficient (Wildman–Crippen LogP) is 2.99. The van der Waals surface area contributed by atoms with E-state index in [1.807, 2.05) is 11.0 Å². The summed E-state index contributed by atoms with van der Waals surface area (Å²) in [6, 6.07) is 14.1. The van der Waals surface area contributed by atoms with Gasteiger partial charge in [0.05, 0.1) is 12.1 Å². The number of pyridine rings is 1. The second-order valence-corrected chi connectivity index (χ2v) is 7.40. The molecule has 2 aromatic rings. The Bertz CT molecular complexity index is 790. The smallest absolute Gasteiger partial charge is 0.255 e. The highest BCUT2D eigenvalue weighted by molar-refractivity contribution is 5.94. The number of carbonyl (C=O) groups is 2. The maximum atomic E-state index is 12.9. The van der Waals surface area contributed by atoms with E-state index in [-0.39, 0.29) is 18.4 Å². The van der Waals surface area contributed by atoms with Gasteiger partial charge in [-0.15, -0.1) is 0 Å². The van der Waals surface area contributed by atoms with Crippen LogP contribution in [0.3, 0.4) is 0 Å². The summed E-state index contributed by atoms with van der Waals surface area (Å²) in [5, 5.41) is 2.98. The monoisotopic (exact) mass is 380 g/mol. The largest absolute Gasteiger partial charge is 0.361 e. The molecule has 0 radical (unpaired) electrons. The van der Waals surface area contributed by atoms with Crippen molar-refractivity contribution in [1.29, 1.82) is 0 Å². The van der Waals surface area contributed by atoms with Gasteiger partial charge < -0.3 is 15.1 Å². The first kappa shape index (κ1) is 19.9. The van der Waals surface area contributed by atoms with E-state index in [1.54, 1.807) is 32.4 Å². The van der Waals surface area contributed by atoms with Crippen LogP contribution >= 0.6 is 0 Å². The Morgan fingerprint density at radius 2 is 1.89 bits per heavy atom. The van der Waals surface area contributed by atoms with Crippen molar-refractivity contribution >= 4 is 17.6 Å². The molecule has 2 heterocycles. The number of amides is 2. The highest BCUT2D eigenvalue weighted by Gasteiger charge is 2.22. The van der Waals surface area contributed by atoms with E-state index in [0.717, 1.165) is 32.4 Å². The molecule has 28 heavy (non-hydrogen) atoms. The number of carbonyl (C=O) groups excluding carboxylic acids is 2. The minimum absolute atomic E-state index is 0.0251. The molecule has 148 valence electrons. The van der Waals surface area contributed by atoms with E-state index in [0.29, 0.717) is 17.3 Å². The molecule has 1 aliphatic rings. The number of benzene rings is 1. The first-order valence-electron chi connectivity index (χ1n) is 9.79. The van der Waals surface area contributed by atoms with E-state index in [9.17, 15) is 9.59 Å². The van der Waals surface area contributed by atoms with Gasteiger partial charge in [-0.05, 0) is 42.9 Å². The van der Waals surface area contributed by atoms with E-state index in [2.05, 4.69) is 34.6 Å². The molecule has 1 aliphatic heterocycles. The third kappa shape index (κ3) is 5.09. The van der Waals surface area contributed by atoms with Crippen molar-refractivity contribution in [3.8, 4) is 0 Å². The summed E-state index contributed by atoms with van der Waals surface area (Å²) >= 11 is 0. The summed E-state index contributed by atoms with van der Waals surface area (Å²) in [6.07, 6.45) is 4.68. The lowest BCUT2D eigenvalue weighted by molar-refractivity contribution is -0.126. The molecular formula is C22H28N4O2. The third-order valence-electron chi connectivity index (χ3n) is 5.22. The molecule has 6 heteroatoms. The Kier molecular flexibility index (Phi) is 6.63. The Balaban J connectivity index is 1.57. The van der Waals surface area contributed by atoms with Crippen molar-refractivity contribution < 1.29 is 9.59 Å². The second-order valence-electron chi connectivity index (χ2n) is 7.40.